The topological polar surface area (TPSA) is 66.8 Å². The lowest BCUT2D eigenvalue weighted by Gasteiger charge is -2.25. The molecule has 3 aromatic carbocycles. The van der Waals surface area contributed by atoms with Crippen molar-refractivity contribution in [1.82, 2.24) is 0 Å². The van der Waals surface area contributed by atoms with Crippen LogP contribution in [0, 0.1) is 5.82 Å². The van der Waals surface area contributed by atoms with E-state index in [2.05, 4.69) is 0 Å². The number of carbonyl (C=O) groups is 2. The minimum atomic E-state index is -0.955. The van der Waals surface area contributed by atoms with Crippen molar-refractivity contribution in [2.75, 3.05) is 12.0 Å². The molecule has 0 spiro atoms. The molecule has 7 heteroatoms. The van der Waals surface area contributed by atoms with Crippen LogP contribution in [0.2, 0.25) is 5.02 Å². The molecule has 156 valence electrons. The highest BCUT2D eigenvalue weighted by molar-refractivity contribution is 6.51. The first-order valence-electron chi connectivity index (χ1n) is 9.37. The molecule has 1 N–H and O–H groups in total. The number of hydrogen-bond donors (Lipinski definition) is 1. The third-order valence-corrected chi connectivity index (χ3v) is 5.33. The molecule has 1 unspecified atom stereocenters. The third-order valence-electron chi connectivity index (χ3n) is 5.08. The van der Waals surface area contributed by atoms with E-state index in [0.29, 0.717) is 27.6 Å². The van der Waals surface area contributed by atoms with Gasteiger partial charge in [-0.05, 0) is 54.1 Å². The van der Waals surface area contributed by atoms with Crippen LogP contribution < -0.4 is 9.64 Å². The smallest absolute Gasteiger partial charge is 0.300 e. The molecule has 0 saturated carbocycles. The Kier molecular flexibility index (Phi) is 5.48. The normalized spacial score (nSPS) is 17.8. The van der Waals surface area contributed by atoms with Crippen molar-refractivity contribution in [2.24, 2.45) is 0 Å². The van der Waals surface area contributed by atoms with Gasteiger partial charge in [-0.3, -0.25) is 14.5 Å². The number of halogens is 2. The molecule has 1 saturated heterocycles. The SMILES string of the molecule is COc1cccc(N2C(=O)C(=O)/C(=C(/O)c3ccc(Cl)cc3)C2c2ccc(F)cc2)c1. The molecule has 0 radical (unpaired) electrons. The summed E-state index contributed by atoms with van der Waals surface area (Å²) in [7, 11) is 1.49. The molecule has 1 fully saturated rings. The number of ketones is 1. The van der Waals surface area contributed by atoms with Crippen molar-refractivity contribution >= 4 is 34.7 Å². The second-order valence-electron chi connectivity index (χ2n) is 6.93. The van der Waals surface area contributed by atoms with E-state index in [1.54, 1.807) is 48.5 Å². The fourth-order valence-corrected chi connectivity index (χ4v) is 3.71. The van der Waals surface area contributed by atoms with Gasteiger partial charge in [0.25, 0.3) is 11.7 Å². The maximum absolute atomic E-state index is 13.6. The van der Waals surface area contributed by atoms with Crippen LogP contribution >= 0.6 is 11.6 Å². The number of rotatable bonds is 4. The zero-order valence-corrected chi connectivity index (χ0v) is 17.1. The zero-order chi connectivity index (χ0) is 22.1. The van der Waals surface area contributed by atoms with E-state index < -0.39 is 23.5 Å². The maximum atomic E-state index is 13.6. The standard InChI is InChI=1S/C24H17ClFNO4/c1-31-19-4-2-3-18(13-19)27-21(14-7-11-17(26)12-8-14)20(23(29)24(27)30)22(28)15-5-9-16(25)10-6-15/h2-13,21,28H,1H3/b22-20+. The number of benzene rings is 3. The highest BCUT2D eigenvalue weighted by Gasteiger charge is 2.47. The Morgan fingerprint density at radius 2 is 1.71 bits per heavy atom. The van der Waals surface area contributed by atoms with E-state index in [4.69, 9.17) is 16.3 Å². The number of Topliss-reactive ketones (excluding diaryl/α,β-unsaturated/α-hetero) is 1. The van der Waals surface area contributed by atoms with Crippen molar-refractivity contribution in [2.45, 2.75) is 6.04 Å². The van der Waals surface area contributed by atoms with E-state index in [-0.39, 0.29) is 11.3 Å². The van der Waals surface area contributed by atoms with Crippen molar-refractivity contribution in [3.8, 4) is 5.75 Å². The summed E-state index contributed by atoms with van der Waals surface area (Å²) in [5.74, 6) is -1.95. The lowest BCUT2D eigenvalue weighted by molar-refractivity contribution is -0.132. The number of anilines is 1. The molecule has 4 rings (SSSR count). The Morgan fingerprint density at radius 3 is 2.35 bits per heavy atom. The van der Waals surface area contributed by atoms with Gasteiger partial charge in [-0.25, -0.2) is 4.39 Å². The van der Waals surface area contributed by atoms with Crippen molar-refractivity contribution in [1.29, 1.82) is 0 Å². The monoisotopic (exact) mass is 437 g/mol. The number of methoxy groups -OCH3 is 1. The van der Waals surface area contributed by atoms with E-state index >= 15 is 0 Å². The Morgan fingerprint density at radius 1 is 1.03 bits per heavy atom. The Balaban J connectivity index is 1.94. The van der Waals surface area contributed by atoms with E-state index in [1.165, 1.54) is 36.3 Å². The Bertz CT molecular complexity index is 1190. The average Bonchev–Trinajstić information content (AvgIpc) is 3.05. The first kappa shape index (κ1) is 20.6. The molecule has 31 heavy (non-hydrogen) atoms. The van der Waals surface area contributed by atoms with Crippen LogP contribution in [0.5, 0.6) is 5.75 Å². The van der Waals surface area contributed by atoms with E-state index in [9.17, 15) is 19.1 Å². The van der Waals surface area contributed by atoms with Gasteiger partial charge in [0.15, 0.2) is 0 Å². The summed E-state index contributed by atoms with van der Waals surface area (Å²) in [4.78, 5) is 27.4. The lowest BCUT2D eigenvalue weighted by Crippen LogP contribution is -2.29. The largest absolute Gasteiger partial charge is 0.507 e. The van der Waals surface area contributed by atoms with Gasteiger partial charge in [0.05, 0.1) is 18.7 Å². The van der Waals surface area contributed by atoms with Gasteiger partial charge in [0, 0.05) is 22.3 Å². The van der Waals surface area contributed by atoms with Crippen LogP contribution in [0.4, 0.5) is 10.1 Å². The second-order valence-corrected chi connectivity index (χ2v) is 7.37. The summed E-state index contributed by atoms with van der Waals surface area (Å²) < 4.78 is 18.8. The van der Waals surface area contributed by atoms with E-state index in [1.807, 2.05) is 0 Å². The fraction of sp³-hybridized carbons (Fsp3) is 0.0833. The molecular weight excluding hydrogens is 421 g/mol. The molecule has 5 nitrogen and oxygen atoms in total. The van der Waals surface area contributed by atoms with Crippen molar-refractivity contribution in [3.63, 3.8) is 0 Å². The second kappa shape index (κ2) is 8.24. The van der Waals surface area contributed by atoms with Gasteiger partial charge in [-0.2, -0.15) is 0 Å². The molecule has 1 atom stereocenters. The Hall–Kier alpha value is -3.64. The molecule has 3 aromatic rings. The molecule has 0 aliphatic carbocycles. The highest BCUT2D eigenvalue weighted by atomic mass is 35.5. The summed E-state index contributed by atoms with van der Waals surface area (Å²) in [5.41, 5.74) is 1.12. The minimum Gasteiger partial charge on any atom is -0.507 e. The van der Waals surface area contributed by atoms with Crippen LogP contribution in [0.1, 0.15) is 17.2 Å². The Labute approximate surface area is 182 Å². The summed E-state index contributed by atoms with van der Waals surface area (Å²) in [6, 6.07) is 17.4. The number of hydrogen-bond acceptors (Lipinski definition) is 4. The van der Waals surface area contributed by atoms with Gasteiger partial charge >= 0.3 is 0 Å². The van der Waals surface area contributed by atoms with Gasteiger partial charge in [0.1, 0.15) is 17.3 Å². The fourth-order valence-electron chi connectivity index (χ4n) is 3.58. The number of aliphatic hydroxyl groups excluding tert-OH is 1. The quantitative estimate of drug-likeness (QED) is 0.350. The summed E-state index contributed by atoms with van der Waals surface area (Å²) in [6.07, 6.45) is 0. The molecule has 1 amide bonds. The molecular formula is C24H17ClFNO4. The van der Waals surface area contributed by atoms with Crippen LogP contribution in [0.3, 0.4) is 0 Å². The number of nitrogens with zero attached hydrogens (tertiary/aromatic N) is 1. The van der Waals surface area contributed by atoms with Gasteiger partial charge < -0.3 is 9.84 Å². The number of aliphatic hydroxyl groups is 1. The zero-order valence-electron chi connectivity index (χ0n) is 16.4. The maximum Gasteiger partial charge on any atom is 0.300 e. The first-order chi connectivity index (χ1) is 14.9. The average molecular weight is 438 g/mol. The molecule has 1 aliphatic rings. The molecule has 0 bridgehead atoms. The summed E-state index contributed by atoms with van der Waals surface area (Å²) >= 11 is 5.92. The number of amides is 1. The minimum absolute atomic E-state index is 0.0956. The van der Waals surface area contributed by atoms with E-state index in [0.717, 1.165) is 0 Å². The van der Waals surface area contributed by atoms with Gasteiger partial charge in [-0.15, -0.1) is 0 Å². The molecule has 1 aliphatic heterocycles. The third kappa shape index (κ3) is 3.78. The number of carbonyl (C=O) groups excluding carboxylic acids is 2. The highest BCUT2D eigenvalue weighted by Crippen LogP contribution is 2.42. The predicted molar refractivity (Wildman–Crippen MR) is 116 cm³/mol. The van der Waals surface area contributed by atoms with Crippen LogP contribution in [0.15, 0.2) is 78.4 Å². The summed E-state index contributed by atoms with van der Waals surface area (Å²) in [5, 5.41) is 11.5. The van der Waals surface area contributed by atoms with Crippen LogP contribution in [-0.2, 0) is 9.59 Å². The van der Waals surface area contributed by atoms with Gasteiger partial charge in [0.2, 0.25) is 0 Å². The molecule has 1 heterocycles. The van der Waals surface area contributed by atoms with Gasteiger partial charge in [-0.1, -0.05) is 29.8 Å². The van der Waals surface area contributed by atoms with Crippen molar-refractivity contribution in [3.05, 3.63) is 100 Å². The van der Waals surface area contributed by atoms with Crippen LogP contribution in [-0.4, -0.2) is 23.9 Å². The predicted octanol–water partition coefficient (Wildman–Crippen LogP) is 5.11. The van der Waals surface area contributed by atoms with Crippen LogP contribution in [0.25, 0.3) is 5.76 Å². The lowest BCUT2D eigenvalue weighted by atomic mass is 9.95. The first-order valence-corrected chi connectivity index (χ1v) is 9.75. The molecule has 0 aromatic heterocycles. The van der Waals surface area contributed by atoms with Crippen molar-refractivity contribution < 1.29 is 23.8 Å². The summed E-state index contributed by atoms with van der Waals surface area (Å²) in [6.45, 7) is 0. The number of ether oxygens (including phenoxy) is 1.